The first kappa shape index (κ1) is 22.4. The molecule has 6 heteroatoms. The molecule has 0 saturated carbocycles. The Morgan fingerprint density at radius 3 is 2.30 bits per heavy atom. The van der Waals surface area contributed by atoms with Crippen LogP contribution < -0.4 is 5.32 Å². The molecule has 162 valence electrons. The predicted octanol–water partition coefficient (Wildman–Crippen LogP) is 2.44. The summed E-state index contributed by atoms with van der Waals surface area (Å²) in [6.45, 7) is 9.16. The molecule has 0 bridgehead atoms. The van der Waals surface area contributed by atoms with E-state index < -0.39 is 6.10 Å². The van der Waals surface area contributed by atoms with Gasteiger partial charge >= 0.3 is 0 Å². The van der Waals surface area contributed by atoms with Gasteiger partial charge in [-0.05, 0) is 30.5 Å². The maximum atomic E-state index is 12.5. The number of hydrogen-bond acceptors (Lipinski definition) is 5. The second-order valence-corrected chi connectivity index (χ2v) is 8.05. The van der Waals surface area contributed by atoms with Gasteiger partial charge in [-0.3, -0.25) is 14.6 Å². The molecule has 6 nitrogen and oxygen atoms in total. The van der Waals surface area contributed by atoms with Gasteiger partial charge in [-0.25, -0.2) is 0 Å². The Morgan fingerprint density at radius 1 is 1.00 bits per heavy atom. The normalized spacial score (nSPS) is 16.4. The molecule has 1 fully saturated rings. The van der Waals surface area contributed by atoms with Gasteiger partial charge in [0.25, 0.3) is 0 Å². The summed E-state index contributed by atoms with van der Waals surface area (Å²) in [7, 11) is 0. The zero-order valence-electron chi connectivity index (χ0n) is 18.0. The molecule has 0 aromatic heterocycles. The standard InChI is InChI=1S/C24H33N3O3/c1-19-7-6-8-20(2)24(19)25-23(29)16-27-13-11-26(12-14-27)15-22(28)18-30-17-21-9-4-3-5-10-21/h3-10,22,28H,11-18H2,1-2H3,(H,25,29). The average molecular weight is 412 g/mol. The molecular weight excluding hydrogens is 378 g/mol. The molecule has 0 aliphatic carbocycles. The van der Waals surface area contributed by atoms with Gasteiger partial charge in [-0.2, -0.15) is 0 Å². The van der Waals surface area contributed by atoms with Crippen molar-refractivity contribution < 1.29 is 14.6 Å². The molecular formula is C24H33N3O3. The van der Waals surface area contributed by atoms with E-state index in [1.54, 1.807) is 0 Å². The maximum absolute atomic E-state index is 12.5. The Kier molecular flexibility index (Phi) is 8.39. The third kappa shape index (κ3) is 6.92. The number of carbonyl (C=O) groups excluding carboxylic acids is 1. The second kappa shape index (κ2) is 11.2. The number of piperazine rings is 1. The molecule has 1 atom stereocenters. The Labute approximate surface area is 179 Å². The lowest BCUT2D eigenvalue weighted by Crippen LogP contribution is -2.50. The number of carbonyl (C=O) groups is 1. The van der Waals surface area contributed by atoms with Crippen molar-refractivity contribution in [1.29, 1.82) is 0 Å². The first-order valence-electron chi connectivity index (χ1n) is 10.6. The van der Waals surface area contributed by atoms with Crippen LogP contribution in [0.1, 0.15) is 16.7 Å². The number of nitrogens with one attached hydrogen (secondary N) is 1. The van der Waals surface area contributed by atoms with Crippen LogP contribution in [0.2, 0.25) is 0 Å². The SMILES string of the molecule is Cc1cccc(C)c1NC(=O)CN1CCN(CC(O)COCc2ccccc2)CC1. The number of aliphatic hydroxyl groups is 1. The van der Waals surface area contributed by atoms with Crippen LogP contribution in [-0.4, -0.2) is 72.8 Å². The highest BCUT2D eigenvalue weighted by Crippen LogP contribution is 2.19. The van der Waals surface area contributed by atoms with E-state index in [0.29, 0.717) is 26.3 Å². The van der Waals surface area contributed by atoms with Crippen molar-refractivity contribution in [1.82, 2.24) is 9.80 Å². The van der Waals surface area contributed by atoms with E-state index in [0.717, 1.165) is 48.6 Å². The Bertz CT molecular complexity index is 784. The molecule has 1 amide bonds. The molecule has 1 aliphatic rings. The topological polar surface area (TPSA) is 65.0 Å². The lowest BCUT2D eigenvalue weighted by Gasteiger charge is -2.35. The number of aliphatic hydroxyl groups excluding tert-OH is 1. The minimum atomic E-state index is -0.507. The number of β-amino-alcohol motifs (C(OH)–C–C–N with tert-alkyl or cyclic N) is 1. The molecule has 2 aromatic rings. The fraction of sp³-hybridized carbons (Fsp3) is 0.458. The first-order valence-corrected chi connectivity index (χ1v) is 10.6. The number of aryl methyl sites for hydroxylation is 2. The summed E-state index contributed by atoms with van der Waals surface area (Å²) < 4.78 is 5.63. The number of benzene rings is 2. The van der Waals surface area contributed by atoms with Crippen molar-refractivity contribution >= 4 is 11.6 Å². The largest absolute Gasteiger partial charge is 0.389 e. The van der Waals surface area contributed by atoms with Crippen molar-refractivity contribution in [2.75, 3.05) is 51.2 Å². The monoisotopic (exact) mass is 411 g/mol. The van der Waals surface area contributed by atoms with Gasteiger partial charge in [0.1, 0.15) is 0 Å². The zero-order valence-corrected chi connectivity index (χ0v) is 18.0. The fourth-order valence-corrected chi connectivity index (χ4v) is 3.76. The van der Waals surface area contributed by atoms with E-state index in [1.165, 1.54) is 0 Å². The first-order chi connectivity index (χ1) is 14.5. The second-order valence-electron chi connectivity index (χ2n) is 8.05. The molecule has 2 N–H and O–H groups in total. The molecule has 1 heterocycles. The highest BCUT2D eigenvalue weighted by molar-refractivity contribution is 5.93. The molecule has 1 unspecified atom stereocenters. The van der Waals surface area contributed by atoms with Gasteiger partial charge in [0.05, 0.1) is 25.9 Å². The van der Waals surface area contributed by atoms with Crippen molar-refractivity contribution in [2.24, 2.45) is 0 Å². The van der Waals surface area contributed by atoms with Crippen LogP contribution in [0.4, 0.5) is 5.69 Å². The van der Waals surface area contributed by atoms with E-state index in [9.17, 15) is 9.90 Å². The molecule has 1 aliphatic heterocycles. The summed E-state index contributed by atoms with van der Waals surface area (Å²) in [6.07, 6.45) is -0.507. The number of para-hydroxylation sites is 1. The molecule has 0 radical (unpaired) electrons. The van der Waals surface area contributed by atoms with Gasteiger partial charge in [0.2, 0.25) is 5.91 Å². The smallest absolute Gasteiger partial charge is 0.238 e. The minimum Gasteiger partial charge on any atom is -0.389 e. The summed E-state index contributed by atoms with van der Waals surface area (Å²) in [5, 5.41) is 13.3. The third-order valence-corrected chi connectivity index (χ3v) is 5.47. The van der Waals surface area contributed by atoms with Gasteiger partial charge in [-0.15, -0.1) is 0 Å². The predicted molar refractivity (Wildman–Crippen MR) is 120 cm³/mol. The molecule has 30 heavy (non-hydrogen) atoms. The number of anilines is 1. The average Bonchev–Trinajstić information content (AvgIpc) is 2.73. The van der Waals surface area contributed by atoms with Crippen LogP contribution in [0.5, 0.6) is 0 Å². The van der Waals surface area contributed by atoms with Crippen LogP contribution >= 0.6 is 0 Å². The van der Waals surface area contributed by atoms with Crippen LogP contribution in [0.15, 0.2) is 48.5 Å². The summed E-state index contributed by atoms with van der Waals surface area (Å²) in [5.74, 6) is 0.0233. The zero-order chi connectivity index (χ0) is 21.3. The van der Waals surface area contributed by atoms with Crippen molar-refractivity contribution in [3.05, 3.63) is 65.2 Å². The summed E-state index contributed by atoms with van der Waals surface area (Å²) in [4.78, 5) is 16.9. The van der Waals surface area contributed by atoms with Gasteiger partial charge in [0, 0.05) is 38.4 Å². The van der Waals surface area contributed by atoms with Crippen molar-refractivity contribution in [2.45, 2.75) is 26.6 Å². The highest BCUT2D eigenvalue weighted by Gasteiger charge is 2.21. The third-order valence-electron chi connectivity index (χ3n) is 5.47. The van der Waals surface area contributed by atoms with Crippen LogP contribution in [-0.2, 0) is 16.1 Å². The summed E-state index contributed by atoms with van der Waals surface area (Å²) in [5.41, 5.74) is 4.19. The van der Waals surface area contributed by atoms with Gasteiger partial charge in [-0.1, -0.05) is 48.5 Å². The number of rotatable bonds is 9. The van der Waals surface area contributed by atoms with E-state index in [1.807, 2.05) is 62.4 Å². The van der Waals surface area contributed by atoms with Crippen LogP contribution in [0, 0.1) is 13.8 Å². The summed E-state index contributed by atoms with van der Waals surface area (Å²) in [6, 6.07) is 16.0. The lowest BCUT2D eigenvalue weighted by atomic mass is 10.1. The maximum Gasteiger partial charge on any atom is 0.238 e. The minimum absolute atomic E-state index is 0.0233. The number of ether oxygens (including phenoxy) is 1. The number of hydrogen-bond donors (Lipinski definition) is 2. The fourth-order valence-electron chi connectivity index (χ4n) is 3.76. The van der Waals surface area contributed by atoms with Crippen molar-refractivity contribution in [3.8, 4) is 0 Å². The molecule has 2 aromatic carbocycles. The van der Waals surface area contributed by atoms with Crippen molar-refractivity contribution in [3.63, 3.8) is 0 Å². The number of nitrogens with zero attached hydrogens (tertiary/aromatic N) is 2. The Balaban J connectivity index is 1.33. The Hall–Kier alpha value is -2.25. The summed E-state index contributed by atoms with van der Waals surface area (Å²) >= 11 is 0. The van der Waals surface area contributed by atoms with E-state index in [2.05, 4.69) is 15.1 Å². The number of amides is 1. The Morgan fingerprint density at radius 2 is 1.63 bits per heavy atom. The molecule has 3 rings (SSSR count). The highest BCUT2D eigenvalue weighted by atomic mass is 16.5. The van der Waals surface area contributed by atoms with Crippen LogP contribution in [0.3, 0.4) is 0 Å². The van der Waals surface area contributed by atoms with Crippen LogP contribution in [0.25, 0.3) is 0 Å². The van der Waals surface area contributed by atoms with Gasteiger partial charge in [0.15, 0.2) is 0 Å². The molecule has 1 saturated heterocycles. The molecule has 0 spiro atoms. The quantitative estimate of drug-likeness (QED) is 0.664. The van der Waals surface area contributed by atoms with E-state index >= 15 is 0 Å². The van der Waals surface area contributed by atoms with Gasteiger partial charge < -0.3 is 15.2 Å². The van der Waals surface area contributed by atoms with E-state index in [4.69, 9.17) is 4.74 Å². The van der Waals surface area contributed by atoms with E-state index in [-0.39, 0.29) is 5.91 Å². The lowest BCUT2D eigenvalue weighted by molar-refractivity contribution is -0.117.